The highest BCUT2D eigenvalue weighted by atomic mass is 16.5. The van der Waals surface area contributed by atoms with Gasteiger partial charge in [0.05, 0.1) is 0 Å². The van der Waals surface area contributed by atoms with Crippen LogP contribution < -0.4 is 5.73 Å². The Morgan fingerprint density at radius 3 is 2.59 bits per heavy atom. The van der Waals surface area contributed by atoms with Crippen LogP contribution in [-0.4, -0.2) is 18.8 Å². The maximum absolute atomic E-state index is 6.74. The summed E-state index contributed by atoms with van der Waals surface area (Å²) in [5.41, 5.74) is 6.87. The second kappa shape index (κ2) is 5.71. The monoisotopic (exact) mass is 239 g/mol. The lowest BCUT2D eigenvalue weighted by Gasteiger charge is -2.45. The molecule has 0 bridgehead atoms. The van der Waals surface area contributed by atoms with E-state index in [1.807, 2.05) is 0 Å². The van der Waals surface area contributed by atoms with E-state index in [2.05, 4.69) is 13.8 Å². The molecule has 0 aromatic heterocycles. The van der Waals surface area contributed by atoms with Crippen LogP contribution in [0.5, 0.6) is 0 Å². The van der Waals surface area contributed by atoms with Crippen LogP contribution in [-0.2, 0) is 4.74 Å². The molecule has 2 fully saturated rings. The van der Waals surface area contributed by atoms with E-state index in [9.17, 15) is 0 Å². The average molecular weight is 239 g/mol. The van der Waals surface area contributed by atoms with Gasteiger partial charge in [-0.15, -0.1) is 0 Å². The predicted molar refractivity (Wildman–Crippen MR) is 71.9 cm³/mol. The molecule has 100 valence electrons. The molecule has 1 aliphatic heterocycles. The Kier molecular flexibility index (Phi) is 4.48. The fraction of sp³-hybridized carbons (Fsp3) is 1.00. The van der Waals surface area contributed by atoms with Crippen LogP contribution >= 0.6 is 0 Å². The van der Waals surface area contributed by atoms with Crippen LogP contribution in [0.25, 0.3) is 0 Å². The first-order chi connectivity index (χ1) is 8.10. The lowest BCUT2D eigenvalue weighted by molar-refractivity contribution is 0.0195. The summed E-state index contributed by atoms with van der Waals surface area (Å²) < 4.78 is 5.47. The van der Waals surface area contributed by atoms with Gasteiger partial charge in [-0.25, -0.2) is 0 Å². The molecular formula is C15H29NO. The van der Waals surface area contributed by atoms with Crippen molar-refractivity contribution in [3.63, 3.8) is 0 Å². The molecule has 0 aromatic rings. The molecule has 2 N–H and O–H groups in total. The van der Waals surface area contributed by atoms with Gasteiger partial charge >= 0.3 is 0 Å². The smallest absolute Gasteiger partial charge is 0.0469 e. The Morgan fingerprint density at radius 1 is 1.24 bits per heavy atom. The minimum absolute atomic E-state index is 0.127. The molecule has 0 amide bonds. The van der Waals surface area contributed by atoms with Crippen molar-refractivity contribution in [3.05, 3.63) is 0 Å². The SMILES string of the molecule is CC(C)CC1CCCC(N)(C2CCOCC2)C1. The Hall–Kier alpha value is -0.0800. The van der Waals surface area contributed by atoms with Crippen molar-refractivity contribution in [1.29, 1.82) is 0 Å². The van der Waals surface area contributed by atoms with Crippen molar-refractivity contribution in [1.82, 2.24) is 0 Å². The van der Waals surface area contributed by atoms with Gasteiger partial charge in [-0.3, -0.25) is 0 Å². The van der Waals surface area contributed by atoms with Crippen LogP contribution in [0.15, 0.2) is 0 Å². The van der Waals surface area contributed by atoms with Gasteiger partial charge in [-0.1, -0.05) is 26.7 Å². The van der Waals surface area contributed by atoms with Crippen molar-refractivity contribution >= 4 is 0 Å². The van der Waals surface area contributed by atoms with Crippen LogP contribution in [0, 0.1) is 17.8 Å². The Morgan fingerprint density at radius 2 is 1.94 bits per heavy atom. The van der Waals surface area contributed by atoms with Crippen molar-refractivity contribution in [3.8, 4) is 0 Å². The van der Waals surface area contributed by atoms with Gasteiger partial charge in [-0.2, -0.15) is 0 Å². The molecule has 2 nitrogen and oxygen atoms in total. The number of hydrogen-bond donors (Lipinski definition) is 1. The molecule has 2 heteroatoms. The summed E-state index contributed by atoms with van der Waals surface area (Å²) in [6.07, 6.45) is 8.98. The summed E-state index contributed by atoms with van der Waals surface area (Å²) in [5, 5.41) is 0. The van der Waals surface area contributed by atoms with E-state index >= 15 is 0 Å². The quantitative estimate of drug-likeness (QED) is 0.819. The highest BCUT2D eigenvalue weighted by Crippen LogP contribution is 2.41. The van der Waals surface area contributed by atoms with E-state index in [-0.39, 0.29) is 5.54 Å². The molecule has 2 rings (SSSR count). The van der Waals surface area contributed by atoms with Crippen molar-refractivity contribution in [2.24, 2.45) is 23.5 Å². The largest absolute Gasteiger partial charge is 0.381 e. The summed E-state index contributed by atoms with van der Waals surface area (Å²) in [5.74, 6) is 2.40. The zero-order chi connectivity index (χ0) is 12.3. The Bertz CT molecular complexity index is 235. The molecule has 1 heterocycles. The maximum atomic E-state index is 6.74. The lowest BCUT2D eigenvalue weighted by Crippen LogP contribution is -2.52. The van der Waals surface area contributed by atoms with Crippen LogP contribution in [0.4, 0.5) is 0 Å². The first-order valence-corrected chi connectivity index (χ1v) is 7.47. The Labute approximate surface area is 106 Å². The molecule has 1 aliphatic carbocycles. The summed E-state index contributed by atoms with van der Waals surface area (Å²) in [4.78, 5) is 0. The lowest BCUT2D eigenvalue weighted by atomic mass is 9.66. The van der Waals surface area contributed by atoms with Gasteiger partial charge in [0.2, 0.25) is 0 Å². The van der Waals surface area contributed by atoms with Gasteiger partial charge < -0.3 is 10.5 Å². The van der Waals surface area contributed by atoms with Gasteiger partial charge in [0.15, 0.2) is 0 Å². The number of hydrogen-bond acceptors (Lipinski definition) is 2. The van der Waals surface area contributed by atoms with Crippen molar-refractivity contribution in [2.45, 2.75) is 64.3 Å². The summed E-state index contributed by atoms with van der Waals surface area (Å²) in [6, 6.07) is 0. The van der Waals surface area contributed by atoms with Gasteiger partial charge in [0.1, 0.15) is 0 Å². The second-order valence-electron chi connectivity index (χ2n) is 6.71. The van der Waals surface area contributed by atoms with Crippen LogP contribution in [0.1, 0.15) is 58.8 Å². The summed E-state index contributed by atoms with van der Waals surface area (Å²) in [7, 11) is 0. The highest BCUT2D eigenvalue weighted by molar-refractivity contribution is 4.96. The average Bonchev–Trinajstić information content (AvgIpc) is 2.29. The zero-order valence-electron chi connectivity index (χ0n) is 11.6. The van der Waals surface area contributed by atoms with E-state index < -0.39 is 0 Å². The van der Waals surface area contributed by atoms with Crippen molar-refractivity contribution in [2.75, 3.05) is 13.2 Å². The number of nitrogens with two attached hydrogens (primary N) is 1. The summed E-state index contributed by atoms with van der Waals surface area (Å²) >= 11 is 0. The van der Waals surface area contributed by atoms with Gasteiger partial charge in [0.25, 0.3) is 0 Å². The van der Waals surface area contributed by atoms with Crippen molar-refractivity contribution < 1.29 is 4.74 Å². The third kappa shape index (κ3) is 3.45. The molecule has 2 aliphatic rings. The first kappa shape index (κ1) is 13.4. The number of ether oxygens (including phenoxy) is 1. The highest BCUT2D eigenvalue weighted by Gasteiger charge is 2.39. The van der Waals surface area contributed by atoms with Crippen LogP contribution in [0.3, 0.4) is 0 Å². The molecule has 1 saturated carbocycles. The third-order valence-corrected chi connectivity index (χ3v) is 4.76. The number of rotatable bonds is 3. The fourth-order valence-electron chi connectivity index (χ4n) is 3.97. The molecule has 0 radical (unpaired) electrons. The molecule has 0 aromatic carbocycles. The van der Waals surface area contributed by atoms with E-state index in [0.717, 1.165) is 25.0 Å². The first-order valence-electron chi connectivity index (χ1n) is 7.47. The second-order valence-corrected chi connectivity index (χ2v) is 6.71. The Balaban J connectivity index is 1.93. The fourth-order valence-corrected chi connectivity index (χ4v) is 3.97. The topological polar surface area (TPSA) is 35.2 Å². The molecule has 2 unspecified atom stereocenters. The molecular weight excluding hydrogens is 210 g/mol. The molecule has 17 heavy (non-hydrogen) atoms. The van der Waals surface area contributed by atoms with E-state index in [0.29, 0.717) is 5.92 Å². The standard InChI is InChI=1S/C15H29NO/c1-12(2)10-13-4-3-7-15(16,11-13)14-5-8-17-9-6-14/h12-14H,3-11,16H2,1-2H3. The normalized spacial score (nSPS) is 36.4. The maximum Gasteiger partial charge on any atom is 0.0469 e. The zero-order valence-corrected chi connectivity index (χ0v) is 11.6. The minimum atomic E-state index is 0.127. The summed E-state index contributed by atoms with van der Waals surface area (Å²) in [6.45, 7) is 6.53. The van der Waals surface area contributed by atoms with E-state index in [4.69, 9.17) is 10.5 Å². The molecule has 2 atom stereocenters. The third-order valence-electron chi connectivity index (χ3n) is 4.76. The van der Waals surface area contributed by atoms with E-state index in [1.165, 1.54) is 44.9 Å². The molecule has 0 spiro atoms. The minimum Gasteiger partial charge on any atom is -0.381 e. The predicted octanol–water partition coefficient (Wildman–Crippen LogP) is 3.35. The van der Waals surface area contributed by atoms with E-state index in [1.54, 1.807) is 0 Å². The van der Waals surface area contributed by atoms with Gasteiger partial charge in [-0.05, 0) is 49.9 Å². The van der Waals surface area contributed by atoms with Crippen LogP contribution in [0.2, 0.25) is 0 Å². The van der Waals surface area contributed by atoms with Gasteiger partial charge in [0, 0.05) is 18.8 Å². The molecule has 1 saturated heterocycles.